The molecule has 0 amide bonds. The number of nitrogens with zero attached hydrogens (tertiary/aromatic N) is 1. The Morgan fingerprint density at radius 2 is 1.79 bits per heavy atom. The number of allylic oxidation sites excluding steroid dienone is 2. The summed E-state index contributed by atoms with van der Waals surface area (Å²) in [6, 6.07) is 14.3. The van der Waals surface area contributed by atoms with Crippen molar-refractivity contribution in [3.63, 3.8) is 0 Å². The maximum Gasteiger partial charge on any atom is 0.113 e. The number of halogens is 1. The highest BCUT2D eigenvalue weighted by Gasteiger charge is 2.09. The first-order valence-electron chi connectivity index (χ1n) is 6.15. The Kier molecular flexibility index (Phi) is 4.39. The first kappa shape index (κ1) is 13.4. The lowest BCUT2D eigenvalue weighted by molar-refractivity contribution is 0.981. The van der Waals surface area contributed by atoms with Gasteiger partial charge in [0, 0.05) is 11.8 Å². The zero-order valence-corrected chi connectivity index (χ0v) is 11.3. The average molecular weight is 268 g/mol. The SMILES string of the molecule is C(#Cc1ccccn1)C1=CCCc2ccccc21.Cl. The molecule has 1 aliphatic carbocycles. The molecule has 0 unspecified atom stereocenters. The molecule has 1 nitrogen and oxygen atoms in total. The van der Waals surface area contributed by atoms with Gasteiger partial charge in [0.15, 0.2) is 0 Å². The lowest BCUT2D eigenvalue weighted by Crippen LogP contribution is -1.97. The van der Waals surface area contributed by atoms with Crippen LogP contribution in [0.4, 0.5) is 0 Å². The highest BCUT2D eigenvalue weighted by atomic mass is 35.5. The Morgan fingerprint density at radius 1 is 0.947 bits per heavy atom. The topological polar surface area (TPSA) is 12.9 Å². The molecule has 0 aliphatic heterocycles. The number of benzene rings is 1. The molecule has 2 heteroatoms. The third-order valence-corrected chi connectivity index (χ3v) is 3.06. The van der Waals surface area contributed by atoms with Crippen LogP contribution in [0.3, 0.4) is 0 Å². The highest BCUT2D eigenvalue weighted by molar-refractivity contribution is 5.85. The maximum atomic E-state index is 4.22. The van der Waals surface area contributed by atoms with Crippen molar-refractivity contribution in [3.8, 4) is 11.8 Å². The molecule has 0 radical (unpaired) electrons. The second-order valence-electron chi connectivity index (χ2n) is 4.28. The standard InChI is InChI=1S/C17H13N.ClH/c1-2-10-17-14(6-1)7-5-8-15(17)11-12-16-9-3-4-13-18-16;/h1-4,6,8-10,13H,5,7H2;1H. The van der Waals surface area contributed by atoms with E-state index in [0.717, 1.165) is 24.1 Å². The summed E-state index contributed by atoms with van der Waals surface area (Å²) in [6.07, 6.45) is 6.18. The molecule has 19 heavy (non-hydrogen) atoms. The summed E-state index contributed by atoms with van der Waals surface area (Å²) in [5, 5.41) is 0. The predicted octanol–water partition coefficient (Wildman–Crippen LogP) is 3.88. The van der Waals surface area contributed by atoms with E-state index in [1.54, 1.807) is 6.20 Å². The molecular weight excluding hydrogens is 254 g/mol. The van der Waals surface area contributed by atoms with Gasteiger partial charge in [0.05, 0.1) is 0 Å². The van der Waals surface area contributed by atoms with Crippen LogP contribution < -0.4 is 0 Å². The number of hydrogen-bond donors (Lipinski definition) is 0. The van der Waals surface area contributed by atoms with Crippen LogP contribution in [-0.4, -0.2) is 4.98 Å². The van der Waals surface area contributed by atoms with E-state index in [9.17, 15) is 0 Å². The molecule has 0 saturated heterocycles. The maximum absolute atomic E-state index is 4.22. The van der Waals surface area contributed by atoms with Crippen LogP contribution in [0.1, 0.15) is 23.2 Å². The Morgan fingerprint density at radius 3 is 2.63 bits per heavy atom. The molecule has 2 aromatic rings. The number of aryl methyl sites for hydroxylation is 1. The lowest BCUT2D eigenvalue weighted by atomic mass is 9.91. The Hall–Kier alpha value is -2.04. The van der Waals surface area contributed by atoms with Crippen molar-refractivity contribution in [2.75, 3.05) is 0 Å². The minimum Gasteiger partial charge on any atom is -0.248 e. The van der Waals surface area contributed by atoms with Gasteiger partial charge >= 0.3 is 0 Å². The number of pyridine rings is 1. The van der Waals surface area contributed by atoms with Gasteiger partial charge in [-0.3, -0.25) is 0 Å². The summed E-state index contributed by atoms with van der Waals surface area (Å²) in [5.74, 6) is 6.37. The molecule has 0 saturated carbocycles. The van der Waals surface area contributed by atoms with E-state index in [1.165, 1.54) is 11.1 Å². The predicted molar refractivity (Wildman–Crippen MR) is 81.1 cm³/mol. The van der Waals surface area contributed by atoms with Crippen LogP contribution in [0.15, 0.2) is 54.7 Å². The molecule has 1 aromatic heterocycles. The van der Waals surface area contributed by atoms with Crippen LogP contribution >= 0.6 is 12.4 Å². The van der Waals surface area contributed by atoms with Crippen molar-refractivity contribution in [1.29, 1.82) is 0 Å². The Labute approximate surface area is 119 Å². The van der Waals surface area contributed by atoms with Crippen LogP contribution in [0.2, 0.25) is 0 Å². The van der Waals surface area contributed by atoms with Crippen molar-refractivity contribution in [1.82, 2.24) is 4.98 Å². The van der Waals surface area contributed by atoms with Gasteiger partial charge in [0.25, 0.3) is 0 Å². The van der Waals surface area contributed by atoms with Gasteiger partial charge in [-0.05, 0) is 42.0 Å². The number of hydrogen-bond acceptors (Lipinski definition) is 1. The molecule has 0 fully saturated rings. The van der Waals surface area contributed by atoms with Gasteiger partial charge in [-0.1, -0.05) is 42.3 Å². The van der Waals surface area contributed by atoms with Crippen molar-refractivity contribution in [2.45, 2.75) is 12.8 Å². The van der Waals surface area contributed by atoms with Gasteiger partial charge in [0.1, 0.15) is 5.69 Å². The Balaban J connectivity index is 0.00000133. The number of aromatic nitrogens is 1. The molecule has 0 atom stereocenters. The van der Waals surface area contributed by atoms with Gasteiger partial charge < -0.3 is 0 Å². The number of fused-ring (bicyclic) bond motifs is 1. The quantitative estimate of drug-likeness (QED) is 0.660. The van der Waals surface area contributed by atoms with Gasteiger partial charge in [-0.25, -0.2) is 4.98 Å². The highest BCUT2D eigenvalue weighted by Crippen LogP contribution is 2.25. The van der Waals surface area contributed by atoms with E-state index in [0.29, 0.717) is 0 Å². The normalized spacial score (nSPS) is 12.3. The van der Waals surface area contributed by atoms with E-state index in [1.807, 2.05) is 18.2 Å². The first-order valence-corrected chi connectivity index (χ1v) is 6.15. The minimum absolute atomic E-state index is 0. The van der Waals surface area contributed by atoms with E-state index in [2.05, 4.69) is 47.2 Å². The zero-order valence-electron chi connectivity index (χ0n) is 10.5. The number of rotatable bonds is 0. The van der Waals surface area contributed by atoms with Crippen LogP contribution in [-0.2, 0) is 6.42 Å². The van der Waals surface area contributed by atoms with Gasteiger partial charge in [-0.15, -0.1) is 12.4 Å². The minimum atomic E-state index is 0. The first-order chi connectivity index (χ1) is 8.93. The summed E-state index contributed by atoms with van der Waals surface area (Å²) >= 11 is 0. The largest absolute Gasteiger partial charge is 0.248 e. The van der Waals surface area contributed by atoms with Crippen molar-refractivity contribution in [2.24, 2.45) is 0 Å². The van der Waals surface area contributed by atoms with E-state index in [4.69, 9.17) is 0 Å². The van der Waals surface area contributed by atoms with Crippen molar-refractivity contribution >= 4 is 18.0 Å². The van der Waals surface area contributed by atoms with Crippen molar-refractivity contribution in [3.05, 3.63) is 71.6 Å². The smallest absolute Gasteiger partial charge is 0.113 e. The monoisotopic (exact) mass is 267 g/mol. The summed E-state index contributed by atoms with van der Waals surface area (Å²) < 4.78 is 0. The molecule has 0 N–H and O–H groups in total. The summed E-state index contributed by atoms with van der Waals surface area (Å²) in [4.78, 5) is 4.22. The molecule has 1 heterocycles. The van der Waals surface area contributed by atoms with Crippen molar-refractivity contribution < 1.29 is 0 Å². The van der Waals surface area contributed by atoms with Crippen LogP contribution in [0, 0.1) is 11.8 Å². The second kappa shape index (κ2) is 6.22. The Bertz CT molecular complexity index is 648. The molecule has 0 spiro atoms. The third kappa shape index (κ3) is 3.05. The molecule has 1 aromatic carbocycles. The molecule has 3 rings (SSSR count). The molecule has 0 bridgehead atoms. The summed E-state index contributed by atoms with van der Waals surface area (Å²) in [7, 11) is 0. The summed E-state index contributed by atoms with van der Waals surface area (Å²) in [5.41, 5.74) is 4.61. The fraction of sp³-hybridized carbons (Fsp3) is 0.118. The third-order valence-electron chi connectivity index (χ3n) is 3.06. The fourth-order valence-corrected chi connectivity index (χ4v) is 2.17. The molecule has 94 valence electrons. The van der Waals surface area contributed by atoms with Crippen LogP contribution in [0.5, 0.6) is 0 Å². The van der Waals surface area contributed by atoms with Gasteiger partial charge in [-0.2, -0.15) is 0 Å². The lowest BCUT2D eigenvalue weighted by Gasteiger charge is -2.13. The van der Waals surface area contributed by atoms with E-state index < -0.39 is 0 Å². The van der Waals surface area contributed by atoms with E-state index in [-0.39, 0.29) is 12.4 Å². The summed E-state index contributed by atoms with van der Waals surface area (Å²) in [6.45, 7) is 0. The fourth-order valence-electron chi connectivity index (χ4n) is 2.17. The average Bonchev–Trinajstić information content (AvgIpc) is 2.46. The zero-order chi connectivity index (χ0) is 12.2. The van der Waals surface area contributed by atoms with Gasteiger partial charge in [0.2, 0.25) is 0 Å². The second-order valence-corrected chi connectivity index (χ2v) is 4.28. The molecule has 1 aliphatic rings. The molecular formula is C17H14ClN. The van der Waals surface area contributed by atoms with E-state index >= 15 is 0 Å². The van der Waals surface area contributed by atoms with Crippen LogP contribution in [0.25, 0.3) is 5.57 Å².